The van der Waals surface area contributed by atoms with Crippen molar-refractivity contribution in [3.63, 3.8) is 0 Å². The van der Waals surface area contributed by atoms with E-state index in [1.165, 1.54) is 0 Å². The number of aromatic nitrogens is 1. The molecule has 134 valence electrons. The van der Waals surface area contributed by atoms with Crippen molar-refractivity contribution in [1.29, 1.82) is 0 Å². The summed E-state index contributed by atoms with van der Waals surface area (Å²) in [4.78, 5) is 4.49. The molecule has 0 aliphatic carbocycles. The van der Waals surface area contributed by atoms with Gasteiger partial charge in [-0.05, 0) is 49.8 Å². The lowest BCUT2D eigenvalue weighted by molar-refractivity contribution is 0.230. The van der Waals surface area contributed by atoms with Gasteiger partial charge in [0.1, 0.15) is 11.3 Å². The predicted octanol–water partition coefficient (Wildman–Crippen LogP) is 5.56. The van der Waals surface area contributed by atoms with Crippen LogP contribution in [0.4, 0.5) is 0 Å². The standard InChI is InChI=1S/C21H20ClNO3/c1-13(2)26-21-17(22)11-14(12-19(21)25-3)7-9-16-10-8-15-5-4-6-18(24)20(15)23-16/h4-13,24H,1-3H3/b9-7+. The van der Waals surface area contributed by atoms with Gasteiger partial charge in [0.05, 0.1) is 23.9 Å². The largest absolute Gasteiger partial charge is 0.506 e. The molecule has 0 aliphatic rings. The van der Waals surface area contributed by atoms with Crippen LogP contribution in [-0.2, 0) is 0 Å². The molecule has 0 aliphatic heterocycles. The average molecular weight is 370 g/mol. The highest BCUT2D eigenvalue weighted by Gasteiger charge is 2.12. The van der Waals surface area contributed by atoms with Gasteiger partial charge >= 0.3 is 0 Å². The summed E-state index contributed by atoms with van der Waals surface area (Å²) in [6.07, 6.45) is 3.75. The number of para-hydroxylation sites is 1. The number of hydrogen-bond acceptors (Lipinski definition) is 4. The van der Waals surface area contributed by atoms with Crippen molar-refractivity contribution in [2.45, 2.75) is 20.0 Å². The first-order valence-corrected chi connectivity index (χ1v) is 8.66. The van der Waals surface area contributed by atoms with E-state index in [0.717, 1.165) is 16.6 Å². The van der Waals surface area contributed by atoms with Gasteiger partial charge in [0.2, 0.25) is 0 Å². The van der Waals surface area contributed by atoms with Gasteiger partial charge in [0.25, 0.3) is 0 Å². The van der Waals surface area contributed by atoms with E-state index in [1.54, 1.807) is 19.2 Å². The number of halogens is 1. The lowest BCUT2D eigenvalue weighted by Crippen LogP contribution is -2.07. The van der Waals surface area contributed by atoms with E-state index in [1.807, 2.05) is 56.3 Å². The fraction of sp³-hybridized carbons (Fsp3) is 0.190. The molecule has 0 amide bonds. The smallest absolute Gasteiger partial charge is 0.180 e. The van der Waals surface area contributed by atoms with Gasteiger partial charge in [-0.1, -0.05) is 35.9 Å². The summed E-state index contributed by atoms with van der Waals surface area (Å²) in [5.74, 6) is 1.28. The van der Waals surface area contributed by atoms with E-state index in [-0.39, 0.29) is 11.9 Å². The molecule has 5 heteroatoms. The maximum absolute atomic E-state index is 9.95. The van der Waals surface area contributed by atoms with E-state index < -0.39 is 0 Å². The van der Waals surface area contributed by atoms with E-state index in [4.69, 9.17) is 21.1 Å². The molecule has 0 spiro atoms. The summed E-state index contributed by atoms with van der Waals surface area (Å²) in [6.45, 7) is 3.87. The van der Waals surface area contributed by atoms with Crippen LogP contribution in [0.2, 0.25) is 5.02 Å². The van der Waals surface area contributed by atoms with Crippen LogP contribution in [0.25, 0.3) is 23.1 Å². The van der Waals surface area contributed by atoms with Crippen LogP contribution in [0.15, 0.2) is 42.5 Å². The predicted molar refractivity (Wildman–Crippen MR) is 106 cm³/mol. The molecule has 0 saturated carbocycles. The maximum Gasteiger partial charge on any atom is 0.180 e. The Labute approximate surface area is 157 Å². The van der Waals surface area contributed by atoms with E-state index >= 15 is 0 Å². The highest BCUT2D eigenvalue weighted by Crippen LogP contribution is 2.37. The third-order valence-electron chi connectivity index (χ3n) is 3.77. The zero-order valence-corrected chi connectivity index (χ0v) is 15.6. The molecule has 0 radical (unpaired) electrons. The van der Waals surface area contributed by atoms with E-state index in [9.17, 15) is 5.11 Å². The number of ether oxygens (including phenoxy) is 2. The second-order valence-corrected chi connectivity index (χ2v) is 6.53. The molecule has 26 heavy (non-hydrogen) atoms. The number of rotatable bonds is 5. The number of methoxy groups -OCH3 is 1. The van der Waals surface area contributed by atoms with Gasteiger partial charge in [-0.2, -0.15) is 0 Å². The fourth-order valence-electron chi connectivity index (χ4n) is 2.61. The van der Waals surface area contributed by atoms with Crippen LogP contribution >= 0.6 is 11.6 Å². The summed E-state index contributed by atoms with van der Waals surface area (Å²) in [6, 6.07) is 12.8. The number of benzene rings is 2. The van der Waals surface area contributed by atoms with Crippen molar-refractivity contribution in [3.05, 3.63) is 58.7 Å². The Morgan fingerprint density at radius 3 is 2.65 bits per heavy atom. The molecule has 2 aromatic carbocycles. The number of pyridine rings is 1. The molecule has 0 bridgehead atoms. The van der Waals surface area contributed by atoms with Crippen molar-refractivity contribution in [3.8, 4) is 17.2 Å². The minimum atomic E-state index is -0.00253. The third kappa shape index (κ3) is 3.92. The molecule has 0 fully saturated rings. The van der Waals surface area contributed by atoms with Crippen LogP contribution in [0.1, 0.15) is 25.1 Å². The zero-order chi connectivity index (χ0) is 18.7. The van der Waals surface area contributed by atoms with E-state index in [0.29, 0.717) is 22.0 Å². The van der Waals surface area contributed by atoms with Gasteiger partial charge in [0.15, 0.2) is 11.5 Å². The lowest BCUT2D eigenvalue weighted by Gasteiger charge is -2.15. The highest BCUT2D eigenvalue weighted by atomic mass is 35.5. The number of nitrogens with zero attached hydrogens (tertiary/aromatic N) is 1. The van der Waals surface area contributed by atoms with Gasteiger partial charge in [-0.25, -0.2) is 4.98 Å². The Balaban J connectivity index is 1.93. The quantitative estimate of drug-likeness (QED) is 0.639. The summed E-state index contributed by atoms with van der Waals surface area (Å²) in [5.41, 5.74) is 2.17. The van der Waals surface area contributed by atoms with Crippen molar-refractivity contribution in [2.24, 2.45) is 0 Å². The average Bonchev–Trinajstić information content (AvgIpc) is 2.62. The van der Waals surface area contributed by atoms with Gasteiger partial charge in [0, 0.05) is 5.39 Å². The molecule has 1 heterocycles. The molecular formula is C21H20ClNO3. The molecule has 3 rings (SSSR count). The molecule has 1 aromatic heterocycles. The number of phenols is 1. The fourth-order valence-corrected chi connectivity index (χ4v) is 2.87. The molecule has 0 saturated heterocycles. The van der Waals surface area contributed by atoms with Crippen LogP contribution in [0.3, 0.4) is 0 Å². The summed E-state index contributed by atoms with van der Waals surface area (Å²) < 4.78 is 11.1. The van der Waals surface area contributed by atoms with Gasteiger partial charge in [-0.3, -0.25) is 0 Å². The van der Waals surface area contributed by atoms with Crippen molar-refractivity contribution in [2.75, 3.05) is 7.11 Å². The lowest BCUT2D eigenvalue weighted by atomic mass is 10.1. The number of fused-ring (bicyclic) bond motifs is 1. The molecular weight excluding hydrogens is 350 g/mol. The van der Waals surface area contributed by atoms with Crippen LogP contribution in [-0.4, -0.2) is 23.3 Å². The van der Waals surface area contributed by atoms with Crippen LogP contribution in [0, 0.1) is 0 Å². The maximum atomic E-state index is 9.95. The zero-order valence-electron chi connectivity index (χ0n) is 14.9. The number of aromatic hydroxyl groups is 1. The van der Waals surface area contributed by atoms with Gasteiger partial charge < -0.3 is 14.6 Å². The van der Waals surface area contributed by atoms with Crippen LogP contribution < -0.4 is 9.47 Å². The Hall–Kier alpha value is -2.72. The SMILES string of the molecule is COc1cc(/C=C/c2ccc3cccc(O)c3n2)cc(Cl)c1OC(C)C. The molecule has 0 atom stereocenters. The van der Waals surface area contributed by atoms with Crippen molar-refractivity contribution < 1.29 is 14.6 Å². The monoisotopic (exact) mass is 369 g/mol. The third-order valence-corrected chi connectivity index (χ3v) is 4.05. The minimum Gasteiger partial charge on any atom is -0.506 e. The van der Waals surface area contributed by atoms with Crippen LogP contribution in [0.5, 0.6) is 17.2 Å². The first kappa shape index (κ1) is 18.1. The van der Waals surface area contributed by atoms with Crippen molar-refractivity contribution in [1.82, 2.24) is 4.98 Å². The minimum absolute atomic E-state index is 0.00253. The molecule has 3 aromatic rings. The second-order valence-electron chi connectivity index (χ2n) is 6.12. The topological polar surface area (TPSA) is 51.6 Å². The molecule has 4 nitrogen and oxygen atoms in total. The number of phenolic OH excluding ortho intramolecular Hbond substituents is 1. The van der Waals surface area contributed by atoms with Crippen molar-refractivity contribution >= 4 is 34.7 Å². The number of hydrogen-bond donors (Lipinski definition) is 1. The first-order chi connectivity index (χ1) is 12.5. The Morgan fingerprint density at radius 1 is 1.12 bits per heavy atom. The Kier molecular flexibility index (Phi) is 5.33. The van der Waals surface area contributed by atoms with Gasteiger partial charge in [-0.15, -0.1) is 0 Å². The summed E-state index contributed by atoms with van der Waals surface area (Å²) >= 11 is 6.35. The molecule has 1 N–H and O–H groups in total. The van der Waals surface area contributed by atoms with E-state index in [2.05, 4.69) is 4.98 Å². The Morgan fingerprint density at radius 2 is 1.92 bits per heavy atom. The summed E-state index contributed by atoms with van der Waals surface area (Å²) in [7, 11) is 1.58. The Bertz CT molecular complexity index is 967. The second kappa shape index (κ2) is 7.67. The normalized spacial score (nSPS) is 11.4. The molecule has 0 unspecified atom stereocenters. The first-order valence-electron chi connectivity index (χ1n) is 8.29. The highest BCUT2D eigenvalue weighted by molar-refractivity contribution is 6.32. The summed E-state index contributed by atoms with van der Waals surface area (Å²) in [5, 5.41) is 11.3.